The highest BCUT2D eigenvalue weighted by Crippen LogP contribution is 1.97. The lowest BCUT2D eigenvalue weighted by molar-refractivity contribution is -0.325. The third kappa shape index (κ3) is 5.45. The highest BCUT2D eigenvalue weighted by Gasteiger charge is 2.07. The second-order valence-electron chi connectivity index (χ2n) is 1.75. The van der Waals surface area contributed by atoms with Crippen molar-refractivity contribution >= 4 is 5.97 Å². The van der Waals surface area contributed by atoms with Crippen LogP contribution in [0.15, 0.2) is 0 Å². The number of hydrogen-bond acceptors (Lipinski definition) is 5. The van der Waals surface area contributed by atoms with Crippen LogP contribution in [-0.4, -0.2) is 27.8 Å². The summed E-state index contributed by atoms with van der Waals surface area (Å²) < 4.78 is 0. The van der Waals surface area contributed by atoms with Gasteiger partial charge in [0, 0.05) is 0 Å². The van der Waals surface area contributed by atoms with Gasteiger partial charge in [0.25, 0.3) is 0 Å². The van der Waals surface area contributed by atoms with Gasteiger partial charge in [-0.15, -0.1) is 5.39 Å². The van der Waals surface area contributed by atoms with Gasteiger partial charge in [0.15, 0.2) is 0 Å². The first-order valence-corrected chi connectivity index (χ1v) is 2.57. The molecule has 60 valence electrons. The molecule has 0 aliphatic heterocycles. The van der Waals surface area contributed by atoms with E-state index in [4.69, 9.17) is 10.3 Å². The number of rotatable bonds is 4. The van der Waals surface area contributed by atoms with Crippen LogP contribution in [0.2, 0.25) is 0 Å². The van der Waals surface area contributed by atoms with E-state index in [-0.39, 0.29) is 6.42 Å². The molecule has 0 fully saturated rings. The molecule has 0 spiro atoms. The highest BCUT2D eigenvalue weighted by molar-refractivity contribution is 5.67. The van der Waals surface area contributed by atoms with E-state index in [0.29, 0.717) is 0 Å². The summed E-state index contributed by atoms with van der Waals surface area (Å²) >= 11 is 0. The highest BCUT2D eigenvalue weighted by atomic mass is 17.1. The van der Waals surface area contributed by atoms with Crippen LogP contribution < -0.4 is 0 Å². The SMILES string of the molecule is C[C@@H](CC(=O)O)ON([O-])O. The maximum Gasteiger partial charge on any atom is 0.306 e. The normalized spacial score (nSPS) is 13.6. The summed E-state index contributed by atoms with van der Waals surface area (Å²) in [5.41, 5.74) is 0. The van der Waals surface area contributed by atoms with Crippen molar-refractivity contribution in [3.63, 3.8) is 0 Å². The van der Waals surface area contributed by atoms with Gasteiger partial charge in [-0.1, -0.05) is 0 Å². The summed E-state index contributed by atoms with van der Waals surface area (Å²) in [5, 5.41) is 24.9. The van der Waals surface area contributed by atoms with Gasteiger partial charge in [-0.3, -0.25) is 9.63 Å². The van der Waals surface area contributed by atoms with Crippen molar-refractivity contribution in [3.05, 3.63) is 5.21 Å². The van der Waals surface area contributed by atoms with Crippen LogP contribution in [-0.2, 0) is 9.63 Å². The molecule has 0 radical (unpaired) electrons. The monoisotopic (exact) mass is 150 g/mol. The predicted octanol–water partition coefficient (Wildman–Crippen LogP) is -0.0298. The van der Waals surface area contributed by atoms with Gasteiger partial charge < -0.3 is 15.5 Å². The first-order valence-electron chi connectivity index (χ1n) is 2.57. The predicted molar refractivity (Wildman–Crippen MR) is 29.8 cm³/mol. The van der Waals surface area contributed by atoms with Crippen molar-refractivity contribution in [1.82, 2.24) is 5.39 Å². The molecule has 1 atom stereocenters. The molecule has 0 aliphatic carbocycles. The van der Waals surface area contributed by atoms with Crippen molar-refractivity contribution in [1.29, 1.82) is 0 Å². The zero-order valence-electron chi connectivity index (χ0n) is 5.35. The molecule has 0 rings (SSSR count). The Bertz CT molecular complexity index is 114. The molecule has 0 aliphatic rings. The Labute approximate surface area is 57.1 Å². The van der Waals surface area contributed by atoms with Crippen molar-refractivity contribution in [2.45, 2.75) is 19.4 Å². The molecule has 0 aromatic heterocycles. The maximum absolute atomic E-state index is 9.91. The van der Waals surface area contributed by atoms with Gasteiger partial charge in [0.2, 0.25) is 0 Å². The van der Waals surface area contributed by atoms with Crippen LogP contribution in [0.3, 0.4) is 0 Å². The summed E-state index contributed by atoms with van der Waals surface area (Å²) in [7, 11) is 0. The minimum absolute atomic E-state index is 0.320. The quantitative estimate of drug-likeness (QED) is 0.546. The summed E-state index contributed by atoms with van der Waals surface area (Å²) in [4.78, 5) is 13.9. The fourth-order valence-corrected chi connectivity index (χ4v) is 0.437. The first kappa shape index (κ1) is 9.31. The summed E-state index contributed by atoms with van der Waals surface area (Å²) in [6.45, 7) is 1.36. The topological polar surface area (TPSA) is 93.1 Å². The third-order valence-corrected chi connectivity index (χ3v) is 0.732. The van der Waals surface area contributed by atoms with Crippen LogP contribution in [0.5, 0.6) is 0 Å². The van der Waals surface area contributed by atoms with Crippen LogP contribution in [0.1, 0.15) is 13.3 Å². The van der Waals surface area contributed by atoms with Crippen LogP contribution in [0.4, 0.5) is 0 Å². The van der Waals surface area contributed by atoms with Crippen LogP contribution in [0, 0.1) is 5.21 Å². The lowest BCUT2D eigenvalue weighted by Gasteiger charge is -2.21. The zero-order chi connectivity index (χ0) is 8.15. The molecule has 6 nitrogen and oxygen atoms in total. The van der Waals surface area contributed by atoms with Gasteiger partial charge in [0.1, 0.15) is 0 Å². The van der Waals surface area contributed by atoms with Crippen molar-refractivity contribution < 1.29 is 19.9 Å². The Morgan fingerprint density at radius 1 is 1.90 bits per heavy atom. The van der Waals surface area contributed by atoms with Crippen molar-refractivity contribution in [2.24, 2.45) is 0 Å². The summed E-state index contributed by atoms with van der Waals surface area (Å²) in [6.07, 6.45) is -1.14. The van der Waals surface area contributed by atoms with E-state index >= 15 is 0 Å². The molecule has 0 heterocycles. The third-order valence-electron chi connectivity index (χ3n) is 0.732. The number of carboxylic acids is 1. The van der Waals surface area contributed by atoms with Gasteiger partial charge in [-0.05, 0) is 6.92 Å². The van der Waals surface area contributed by atoms with E-state index in [2.05, 4.69) is 4.84 Å². The average Bonchev–Trinajstić information content (AvgIpc) is 1.58. The van der Waals surface area contributed by atoms with Gasteiger partial charge in [0.05, 0.1) is 12.5 Å². The Hall–Kier alpha value is -0.690. The second-order valence-corrected chi connectivity index (χ2v) is 1.75. The van der Waals surface area contributed by atoms with E-state index in [1.54, 1.807) is 0 Å². The standard InChI is InChI=1S/C4H8NO5/c1-3(2-4(6)7)10-5(8)9/h3,8H,2H2,1H3,(H,6,7)/q-1/t3-/m0/s1. The summed E-state index contributed by atoms with van der Waals surface area (Å²) in [5.74, 6) is -1.09. The molecule has 0 aromatic rings. The fourth-order valence-electron chi connectivity index (χ4n) is 0.437. The molecular formula is C4H8NO5-. The van der Waals surface area contributed by atoms with Crippen LogP contribution in [0.25, 0.3) is 0 Å². The minimum atomic E-state index is -1.09. The van der Waals surface area contributed by atoms with Gasteiger partial charge in [-0.2, -0.15) is 0 Å². The van der Waals surface area contributed by atoms with E-state index in [1.165, 1.54) is 6.92 Å². The Balaban J connectivity index is 3.43. The molecule has 0 bridgehead atoms. The Morgan fingerprint density at radius 3 is 2.70 bits per heavy atom. The molecular weight excluding hydrogens is 142 g/mol. The molecule has 0 saturated carbocycles. The van der Waals surface area contributed by atoms with E-state index in [9.17, 15) is 10.0 Å². The average molecular weight is 150 g/mol. The molecule has 0 amide bonds. The molecule has 2 N–H and O–H groups in total. The van der Waals surface area contributed by atoms with E-state index < -0.39 is 17.5 Å². The minimum Gasteiger partial charge on any atom is -0.738 e. The van der Waals surface area contributed by atoms with Crippen molar-refractivity contribution in [2.75, 3.05) is 0 Å². The van der Waals surface area contributed by atoms with E-state index in [1.807, 2.05) is 0 Å². The Morgan fingerprint density at radius 2 is 2.40 bits per heavy atom. The largest absolute Gasteiger partial charge is 0.738 e. The smallest absolute Gasteiger partial charge is 0.306 e. The molecule has 6 heteroatoms. The lowest BCUT2D eigenvalue weighted by Crippen LogP contribution is -2.22. The fraction of sp³-hybridized carbons (Fsp3) is 0.750. The number of aliphatic carboxylic acids is 1. The Kier molecular flexibility index (Phi) is 3.89. The number of carbonyl (C=O) groups is 1. The zero-order valence-corrected chi connectivity index (χ0v) is 5.35. The second kappa shape index (κ2) is 4.18. The molecule has 10 heavy (non-hydrogen) atoms. The lowest BCUT2D eigenvalue weighted by atomic mass is 10.3. The van der Waals surface area contributed by atoms with E-state index in [0.717, 1.165) is 0 Å². The number of carboxylic acid groups (broad SMARTS) is 1. The summed E-state index contributed by atoms with van der Waals surface area (Å²) in [6, 6.07) is 0. The molecule has 0 aromatic carbocycles. The van der Waals surface area contributed by atoms with Crippen molar-refractivity contribution in [3.8, 4) is 0 Å². The number of hydrogen-bond donors (Lipinski definition) is 2. The maximum atomic E-state index is 9.91. The molecule has 0 saturated heterocycles. The van der Waals surface area contributed by atoms with Gasteiger partial charge in [-0.25, -0.2) is 0 Å². The molecule has 0 unspecified atom stereocenters. The first-order chi connectivity index (χ1) is 4.52. The van der Waals surface area contributed by atoms with Gasteiger partial charge >= 0.3 is 5.97 Å². The van der Waals surface area contributed by atoms with Crippen LogP contribution >= 0.6 is 0 Å². The number of nitrogens with zero attached hydrogens (tertiary/aromatic N) is 1.